The molecule has 0 atom stereocenters. The van der Waals surface area contributed by atoms with Crippen molar-refractivity contribution in [3.63, 3.8) is 0 Å². The molecule has 0 aliphatic carbocycles. The molecule has 1 aromatic rings. The van der Waals surface area contributed by atoms with Crippen molar-refractivity contribution in [3.8, 4) is 0 Å². The smallest absolute Gasteiger partial charge is 0.252 e. The average molecular weight is 191 g/mol. The molecule has 1 N–H and O–H groups in total. The van der Waals surface area contributed by atoms with E-state index in [1.807, 2.05) is 13.8 Å². The van der Waals surface area contributed by atoms with Crippen molar-refractivity contribution in [3.05, 3.63) is 35.4 Å². The molecule has 0 fully saturated rings. The van der Waals surface area contributed by atoms with E-state index in [4.69, 9.17) is 0 Å². The fourth-order valence-corrected chi connectivity index (χ4v) is 1.28. The van der Waals surface area contributed by atoms with Gasteiger partial charge in [-0.3, -0.25) is 9.59 Å². The first-order valence-corrected chi connectivity index (χ1v) is 4.69. The van der Waals surface area contributed by atoms with Crippen LogP contribution in [0.3, 0.4) is 0 Å². The van der Waals surface area contributed by atoms with E-state index in [-0.39, 0.29) is 18.2 Å². The van der Waals surface area contributed by atoms with Crippen LogP contribution in [0.25, 0.3) is 0 Å². The lowest BCUT2D eigenvalue weighted by molar-refractivity contribution is 0.0877. The molecular weight excluding hydrogens is 178 g/mol. The molecule has 0 saturated carbocycles. The van der Waals surface area contributed by atoms with E-state index in [1.165, 1.54) is 0 Å². The summed E-state index contributed by atoms with van der Waals surface area (Å²) in [5.74, 6) is -0.185. The van der Waals surface area contributed by atoms with Gasteiger partial charge in [0.25, 0.3) is 5.91 Å². The molecule has 3 nitrogen and oxygen atoms in total. The zero-order valence-electron chi connectivity index (χ0n) is 8.33. The summed E-state index contributed by atoms with van der Waals surface area (Å²) in [4.78, 5) is 22.4. The van der Waals surface area contributed by atoms with Gasteiger partial charge in [0, 0.05) is 5.56 Å². The summed E-state index contributed by atoms with van der Waals surface area (Å²) in [5, 5.41) is 2.50. The van der Waals surface area contributed by atoms with Gasteiger partial charge in [-0.2, -0.15) is 0 Å². The van der Waals surface area contributed by atoms with Crippen molar-refractivity contribution in [2.45, 2.75) is 13.8 Å². The first-order chi connectivity index (χ1) is 6.79. The van der Waals surface area contributed by atoms with Gasteiger partial charge in [-0.25, -0.2) is 0 Å². The molecule has 1 amide bonds. The van der Waals surface area contributed by atoms with Gasteiger partial charge >= 0.3 is 0 Å². The monoisotopic (exact) mass is 191 g/mol. The van der Waals surface area contributed by atoms with E-state index in [0.717, 1.165) is 0 Å². The highest BCUT2D eigenvalue weighted by Crippen LogP contribution is 2.12. The summed E-state index contributed by atoms with van der Waals surface area (Å²) in [6.45, 7) is 4.12. The van der Waals surface area contributed by atoms with Crippen LogP contribution in [0.5, 0.6) is 0 Å². The Morgan fingerprint density at radius 2 is 1.64 bits per heavy atom. The molecule has 1 heterocycles. The quantitative estimate of drug-likeness (QED) is 0.677. The van der Waals surface area contributed by atoms with Gasteiger partial charge in [0.2, 0.25) is 0 Å². The maximum atomic E-state index is 11.2. The molecule has 74 valence electrons. The zero-order chi connectivity index (χ0) is 10.6. The van der Waals surface area contributed by atoms with Gasteiger partial charge < -0.3 is 5.32 Å². The van der Waals surface area contributed by atoms with Crippen LogP contribution in [0, 0.1) is 0 Å². The molecule has 3 heteroatoms. The highest BCUT2D eigenvalue weighted by molar-refractivity contribution is 6.13. The summed E-state index contributed by atoms with van der Waals surface area (Å²) in [6.07, 6.45) is 0. The van der Waals surface area contributed by atoms with Gasteiger partial charge in [-0.1, -0.05) is 32.0 Å². The Kier molecular flexibility index (Phi) is 3.40. The molecule has 14 heavy (non-hydrogen) atoms. The summed E-state index contributed by atoms with van der Waals surface area (Å²) in [5.41, 5.74) is 1.01. The Balaban J connectivity index is 0.000000461. The second-order valence-corrected chi connectivity index (χ2v) is 2.65. The maximum Gasteiger partial charge on any atom is 0.252 e. The average Bonchev–Trinajstić information content (AvgIpc) is 2.27. The van der Waals surface area contributed by atoms with Crippen LogP contribution >= 0.6 is 0 Å². The Morgan fingerprint density at radius 3 is 2.21 bits per heavy atom. The Bertz CT molecular complexity index is 323. The van der Waals surface area contributed by atoms with Crippen LogP contribution in [0.1, 0.15) is 34.6 Å². The largest absolute Gasteiger partial charge is 0.345 e. The lowest BCUT2D eigenvalue weighted by Crippen LogP contribution is -2.36. The third-order valence-corrected chi connectivity index (χ3v) is 1.88. The fraction of sp³-hybridized carbons (Fsp3) is 0.273. The number of carbonyl (C=O) groups excluding carboxylic acids is 2. The van der Waals surface area contributed by atoms with E-state index >= 15 is 0 Å². The summed E-state index contributed by atoms with van der Waals surface area (Å²) in [6, 6.07) is 6.84. The minimum atomic E-state index is -0.162. The number of Topliss-reactive ketones (excluding diaryl/α,β-unsaturated/α-hetero) is 1. The van der Waals surface area contributed by atoms with Gasteiger partial charge in [-0.15, -0.1) is 0 Å². The van der Waals surface area contributed by atoms with Crippen LogP contribution < -0.4 is 5.32 Å². The van der Waals surface area contributed by atoms with Crippen molar-refractivity contribution in [2.75, 3.05) is 6.54 Å². The Morgan fingerprint density at radius 1 is 1.07 bits per heavy atom. The minimum Gasteiger partial charge on any atom is -0.345 e. The molecule has 0 aromatic heterocycles. The number of hydrogen-bond acceptors (Lipinski definition) is 2. The third-order valence-electron chi connectivity index (χ3n) is 1.88. The van der Waals surface area contributed by atoms with Crippen molar-refractivity contribution in [1.29, 1.82) is 0 Å². The van der Waals surface area contributed by atoms with Crippen molar-refractivity contribution < 1.29 is 9.59 Å². The lowest BCUT2D eigenvalue weighted by atomic mass is 10.00. The Hall–Kier alpha value is -1.64. The van der Waals surface area contributed by atoms with Crippen LogP contribution in [0.2, 0.25) is 0 Å². The first kappa shape index (κ1) is 10.4. The molecule has 0 radical (unpaired) electrons. The molecular formula is C11H13NO2. The predicted octanol–water partition coefficient (Wildman–Crippen LogP) is 1.64. The summed E-state index contributed by atoms with van der Waals surface area (Å²) < 4.78 is 0. The molecule has 0 unspecified atom stereocenters. The number of amides is 1. The van der Waals surface area contributed by atoms with E-state index < -0.39 is 0 Å². The lowest BCUT2D eigenvalue weighted by Gasteiger charge is -2.13. The van der Waals surface area contributed by atoms with Crippen LogP contribution in [-0.4, -0.2) is 18.2 Å². The SMILES string of the molecule is CC.O=C1CNC(=O)c2ccccc21. The number of carbonyl (C=O) groups is 2. The van der Waals surface area contributed by atoms with Crippen LogP contribution in [0.15, 0.2) is 24.3 Å². The molecule has 0 spiro atoms. The van der Waals surface area contributed by atoms with Gasteiger partial charge in [0.05, 0.1) is 12.1 Å². The highest BCUT2D eigenvalue weighted by atomic mass is 16.2. The number of hydrogen-bond donors (Lipinski definition) is 1. The maximum absolute atomic E-state index is 11.2. The van der Waals surface area contributed by atoms with E-state index in [1.54, 1.807) is 24.3 Å². The summed E-state index contributed by atoms with van der Waals surface area (Å²) in [7, 11) is 0. The molecule has 1 aromatic carbocycles. The standard InChI is InChI=1S/C9H7NO2.C2H6/c11-8-5-10-9(12)7-4-2-1-3-6(7)8;1-2/h1-4H,5H2,(H,10,12);1-2H3. The Labute approximate surface area is 83.1 Å². The molecule has 0 saturated heterocycles. The molecule has 1 aliphatic heterocycles. The minimum absolute atomic E-state index is 0.0230. The number of benzene rings is 1. The number of rotatable bonds is 0. The van der Waals surface area contributed by atoms with Crippen LogP contribution in [-0.2, 0) is 0 Å². The van der Waals surface area contributed by atoms with E-state index in [2.05, 4.69) is 5.32 Å². The van der Waals surface area contributed by atoms with Crippen molar-refractivity contribution >= 4 is 11.7 Å². The summed E-state index contributed by atoms with van der Waals surface area (Å²) >= 11 is 0. The topological polar surface area (TPSA) is 46.2 Å². The van der Waals surface area contributed by atoms with Crippen molar-refractivity contribution in [1.82, 2.24) is 5.32 Å². The molecule has 2 rings (SSSR count). The van der Waals surface area contributed by atoms with E-state index in [9.17, 15) is 9.59 Å². The molecule has 0 bridgehead atoms. The van der Waals surface area contributed by atoms with E-state index in [0.29, 0.717) is 11.1 Å². The third kappa shape index (κ3) is 1.82. The van der Waals surface area contributed by atoms with Crippen LogP contribution in [0.4, 0.5) is 0 Å². The number of ketones is 1. The fourth-order valence-electron chi connectivity index (χ4n) is 1.28. The van der Waals surface area contributed by atoms with Gasteiger partial charge in [0.1, 0.15) is 0 Å². The van der Waals surface area contributed by atoms with Crippen molar-refractivity contribution in [2.24, 2.45) is 0 Å². The second-order valence-electron chi connectivity index (χ2n) is 2.65. The second kappa shape index (κ2) is 4.56. The first-order valence-electron chi connectivity index (χ1n) is 4.69. The zero-order valence-corrected chi connectivity index (χ0v) is 8.33. The number of fused-ring (bicyclic) bond motifs is 1. The molecule has 1 aliphatic rings. The highest BCUT2D eigenvalue weighted by Gasteiger charge is 2.21. The van der Waals surface area contributed by atoms with Gasteiger partial charge in [0.15, 0.2) is 5.78 Å². The normalized spacial score (nSPS) is 13.6. The number of nitrogens with one attached hydrogen (secondary N) is 1. The van der Waals surface area contributed by atoms with Gasteiger partial charge in [-0.05, 0) is 6.07 Å². The predicted molar refractivity (Wildman–Crippen MR) is 54.5 cm³/mol.